The number of hydrogen-bond acceptors (Lipinski definition) is 2. The van der Waals surface area contributed by atoms with Crippen LogP contribution in [0, 0.1) is 0 Å². The molecule has 0 heterocycles. The van der Waals surface area contributed by atoms with E-state index < -0.39 is 0 Å². The van der Waals surface area contributed by atoms with Crippen LogP contribution in [0.2, 0.25) is 0 Å². The molecular weight excluding hydrogens is 705 g/mol. The van der Waals surface area contributed by atoms with Crippen molar-refractivity contribution < 1.29 is 9.53 Å². The Bertz CT molecular complexity index is 758. The summed E-state index contributed by atoms with van der Waals surface area (Å²) in [6.07, 6.45) is 73.9. The first-order valence-electron chi connectivity index (χ1n) is 27.6. The Hall–Kier alpha value is -0.790. The van der Waals surface area contributed by atoms with E-state index in [2.05, 4.69) is 26.0 Å². The van der Waals surface area contributed by atoms with E-state index in [9.17, 15) is 4.79 Å². The average Bonchev–Trinajstić information content (AvgIpc) is 3.23. The predicted octanol–water partition coefficient (Wildman–Crippen LogP) is 20.6. The fraction of sp³-hybridized carbons (Fsp3) is 0.946. The molecule has 0 saturated heterocycles. The van der Waals surface area contributed by atoms with Crippen molar-refractivity contribution in [2.45, 2.75) is 335 Å². The molecule has 2 nitrogen and oxygen atoms in total. The zero-order valence-electron chi connectivity index (χ0n) is 40.5. The molecule has 2 heteroatoms. The molecule has 0 bridgehead atoms. The van der Waals surface area contributed by atoms with Crippen molar-refractivity contribution in [1.82, 2.24) is 0 Å². The molecule has 0 radical (unpaired) electrons. The van der Waals surface area contributed by atoms with Gasteiger partial charge in [-0.2, -0.15) is 0 Å². The van der Waals surface area contributed by atoms with E-state index in [-0.39, 0.29) is 5.97 Å². The van der Waals surface area contributed by atoms with Gasteiger partial charge in [0.1, 0.15) is 0 Å². The molecule has 0 rings (SSSR count). The van der Waals surface area contributed by atoms with E-state index in [0.29, 0.717) is 13.0 Å². The lowest BCUT2D eigenvalue weighted by Gasteiger charge is -2.06. The highest BCUT2D eigenvalue weighted by atomic mass is 16.5. The number of esters is 1. The van der Waals surface area contributed by atoms with Crippen LogP contribution >= 0.6 is 0 Å². The Balaban J connectivity index is 3.14. The van der Waals surface area contributed by atoms with E-state index in [1.54, 1.807) is 0 Å². The first kappa shape index (κ1) is 57.2. The van der Waals surface area contributed by atoms with Gasteiger partial charge in [-0.1, -0.05) is 302 Å². The Morgan fingerprint density at radius 1 is 0.276 bits per heavy atom. The van der Waals surface area contributed by atoms with Crippen molar-refractivity contribution in [3.63, 3.8) is 0 Å². The Morgan fingerprint density at radius 2 is 0.483 bits per heavy atom. The molecule has 0 N–H and O–H groups in total. The maximum atomic E-state index is 12.0. The molecule has 0 fully saturated rings. The number of carbonyl (C=O) groups excluding carboxylic acids is 1. The van der Waals surface area contributed by atoms with Crippen LogP contribution < -0.4 is 0 Å². The van der Waals surface area contributed by atoms with Gasteiger partial charge in [0.2, 0.25) is 0 Å². The molecule has 346 valence electrons. The molecule has 0 saturated carbocycles. The molecular formula is C56H110O2. The molecule has 0 aromatic rings. The third-order valence-corrected chi connectivity index (χ3v) is 12.9. The predicted molar refractivity (Wildman–Crippen MR) is 262 cm³/mol. The SMILES string of the molecule is CCCCCCCC/C=C\CCCCCCCC(=O)OCCCCCCCCCCCCCCCCCCCCCCCCCCCCCCCCCCCCCC. The van der Waals surface area contributed by atoms with Crippen molar-refractivity contribution in [3.05, 3.63) is 12.2 Å². The molecule has 0 aliphatic rings. The Kier molecular flexibility index (Phi) is 53.5. The fourth-order valence-electron chi connectivity index (χ4n) is 8.78. The van der Waals surface area contributed by atoms with Gasteiger partial charge in [0.25, 0.3) is 0 Å². The number of ether oxygens (including phenoxy) is 1. The van der Waals surface area contributed by atoms with E-state index in [1.807, 2.05) is 0 Å². The summed E-state index contributed by atoms with van der Waals surface area (Å²) in [5, 5.41) is 0. The highest BCUT2D eigenvalue weighted by Crippen LogP contribution is 2.18. The molecule has 0 aliphatic heterocycles. The maximum absolute atomic E-state index is 12.0. The fourth-order valence-corrected chi connectivity index (χ4v) is 8.78. The first-order valence-corrected chi connectivity index (χ1v) is 27.6. The zero-order chi connectivity index (χ0) is 41.8. The van der Waals surface area contributed by atoms with Gasteiger partial charge in [0, 0.05) is 6.42 Å². The van der Waals surface area contributed by atoms with Gasteiger partial charge >= 0.3 is 5.97 Å². The van der Waals surface area contributed by atoms with Gasteiger partial charge in [-0.3, -0.25) is 4.79 Å². The van der Waals surface area contributed by atoms with Gasteiger partial charge in [-0.05, 0) is 38.5 Å². The van der Waals surface area contributed by atoms with Crippen LogP contribution in [0.15, 0.2) is 12.2 Å². The summed E-state index contributed by atoms with van der Waals surface area (Å²) in [5.41, 5.74) is 0. The molecule has 0 aromatic carbocycles. The minimum Gasteiger partial charge on any atom is -0.466 e. The number of hydrogen-bond donors (Lipinski definition) is 0. The second kappa shape index (κ2) is 54.2. The normalized spacial score (nSPS) is 11.7. The van der Waals surface area contributed by atoms with E-state index >= 15 is 0 Å². The molecule has 0 aromatic heterocycles. The van der Waals surface area contributed by atoms with Crippen molar-refractivity contribution in [2.24, 2.45) is 0 Å². The maximum Gasteiger partial charge on any atom is 0.305 e. The Labute approximate surface area is 367 Å². The molecule has 0 aliphatic carbocycles. The van der Waals surface area contributed by atoms with E-state index in [0.717, 1.165) is 19.3 Å². The summed E-state index contributed by atoms with van der Waals surface area (Å²) in [6.45, 7) is 5.22. The second-order valence-electron chi connectivity index (χ2n) is 18.9. The highest BCUT2D eigenvalue weighted by molar-refractivity contribution is 5.69. The third-order valence-electron chi connectivity index (χ3n) is 12.9. The number of rotatable bonds is 52. The number of carbonyl (C=O) groups is 1. The Morgan fingerprint density at radius 3 is 0.741 bits per heavy atom. The molecule has 0 atom stereocenters. The van der Waals surface area contributed by atoms with Gasteiger partial charge in [-0.15, -0.1) is 0 Å². The summed E-state index contributed by atoms with van der Waals surface area (Å²) >= 11 is 0. The minimum atomic E-state index is 0.0222. The van der Waals surface area contributed by atoms with E-state index in [4.69, 9.17) is 4.74 Å². The molecule has 0 amide bonds. The van der Waals surface area contributed by atoms with Gasteiger partial charge in [0.05, 0.1) is 6.61 Å². The van der Waals surface area contributed by atoms with Crippen LogP contribution in [0.1, 0.15) is 335 Å². The van der Waals surface area contributed by atoms with Gasteiger partial charge < -0.3 is 4.74 Å². The van der Waals surface area contributed by atoms with Crippen LogP contribution in [-0.4, -0.2) is 12.6 Å². The van der Waals surface area contributed by atoms with Crippen LogP contribution in [0.4, 0.5) is 0 Å². The minimum absolute atomic E-state index is 0.0222. The van der Waals surface area contributed by atoms with E-state index in [1.165, 1.54) is 295 Å². The monoisotopic (exact) mass is 815 g/mol. The first-order chi connectivity index (χ1) is 28.8. The lowest BCUT2D eigenvalue weighted by molar-refractivity contribution is -0.143. The third kappa shape index (κ3) is 53.2. The standard InChI is InChI=1S/C56H110O2/c1-3-5-7-9-11-13-15-17-19-20-21-22-23-24-25-26-27-28-29-30-31-32-33-34-35-36-37-38-39-41-43-45-47-49-51-53-55-58-56(57)54-52-50-48-46-44-42-40-18-16-14-12-10-8-6-4-2/h18,40H,3-17,19-39,41-55H2,1-2H3/b40-18-. The van der Waals surface area contributed by atoms with Crippen molar-refractivity contribution >= 4 is 5.97 Å². The summed E-state index contributed by atoms with van der Waals surface area (Å²) in [5.74, 6) is 0.0222. The molecule has 0 unspecified atom stereocenters. The average molecular weight is 815 g/mol. The van der Waals surface area contributed by atoms with Crippen molar-refractivity contribution in [3.8, 4) is 0 Å². The summed E-state index contributed by atoms with van der Waals surface area (Å²) in [7, 11) is 0. The quantitative estimate of drug-likeness (QED) is 0.0347. The van der Waals surface area contributed by atoms with Crippen LogP contribution in [0.3, 0.4) is 0 Å². The van der Waals surface area contributed by atoms with Crippen LogP contribution in [-0.2, 0) is 9.53 Å². The van der Waals surface area contributed by atoms with Crippen molar-refractivity contribution in [2.75, 3.05) is 6.61 Å². The number of unbranched alkanes of at least 4 members (excludes halogenated alkanes) is 46. The number of allylic oxidation sites excluding steroid dienone is 2. The van der Waals surface area contributed by atoms with Crippen molar-refractivity contribution in [1.29, 1.82) is 0 Å². The molecule has 58 heavy (non-hydrogen) atoms. The van der Waals surface area contributed by atoms with Crippen LogP contribution in [0.5, 0.6) is 0 Å². The summed E-state index contributed by atoms with van der Waals surface area (Å²) in [4.78, 5) is 12.0. The second-order valence-corrected chi connectivity index (χ2v) is 18.9. The van der Waals surface area contributed by atoms with Gasteiger partial charge in [-0.25, -0.2) is 0 Å². The lowest BCUT2D eigenvalue weighted by Crippen LogP contribution is -2.05. The molecule has 0 spiro atoms. The van der Waals surface area contributed by atoms with Gasteiger partial charge in [0.15, 0.2) is 0 Å². The summed E-state index contributed by atoms with van der Waals surface area (Å²) in [6, 6.07) is 0. The highest BCUT2D eigenvalue weighted by Gasteiger charge is 2.03. The largest absolute Gasteiger partial charge is 0.466 e. The lowest BCUT2D eigenvalue weighted by atomic mass is 10.0. The summed E-state index contributed by atoms with van der Waals surface area (Å²) < 4.78 is 5.49. The topological polar surface area (TPSA) is 26.3 Å². The van der Waals surface area contributed by atoms with Crippen LogP contribution in [0.25, 0.3) is 0 Å². The smallest absolute Gasteiger partial charge is 0.305 e. The zero-order valence-corrected chi connectivity index (χ0v) is 40.5.